The summed E-state index contributed by atoms with van der Waals surface area (Å²) in [5.41, 5.74) is 0.942. The first-order valence-corrected chi connectivity index (χ1v) is 10.7. The number of rotatable bonds is 8. The highest BCUT2D eigenvalue weighted by Crippen LogP contribution is 2.50. The van der Waals surface area contributed by atoms with Crippen LogP contribution in [0.3, 0.4) is 0 Å². The molecule has 2 aliphatic carbocycles. The molecule has 0 radical (unpaired) electrons. The Kier molecular flexibility index (Phi) is 7.07. The zero-order valence-electron chi connectivity index (χ0n) is 16.5. The van der Waals surface area contributed by atoms with Crippen molar-refractivity contribution in [1.29, 1.82) is 0 Å². The Morgan fingerprint density at radius 3 is 2.81 bits per heavy atom. The Morgan fingerprint density at radius 1 is 1.37 bits per heavy atom. The van der Waals surface area contributed by atoms with Crippen LogP contribution >= 0.6 is 11.6 Å². The predicted molar refractivity (Wildman–Crippen MR) is 107 cm³/mol. The topological polar surface area (TPSA) is 58.9 Å². The van der Waals surface area contributed by atoms with Crippen molar-refractivity contribution in [2.24, 2.45) is 5.92 Å². The molecule has 5 heteroatoms. The number of hydrogen-bond acceptors (Lipinski definition) is 4. The smallest absolute Gasteiger partial charge is 0.107 e. The maximum Gasteiger partial charge on any atom is 0.107 e. The molecule has 0 aromatic rings. The van der Waals surface area contributed by atoms with Crippen LogP contribution in [0.2, 0.25) is 0 Å². The van der Waals surface area contributed by atoms with Crippen LogP contribution in [0.25, 0.3) is 0 Å². The van der Waals surface area contributed by atoms with Gasteiger partial charge in [0.15, 0.2) is 0 Å². The summed E-state index contributed by atoms with van der Waals surface area (Å²) in [5.74, 6) is 1.12. The molecule has 152 valence electrons. The lowest BCUT2D eigenvalue weighted by Gasteiger charge is -2.41. The third kappa shape index (κ3) is 5.17. The largest absolute Gasteiger partial charge is 0.499 e. The summed E-state index contributed by atoms with van der Waals surface area (Å²) in [6.07, 6.45) is 11.6. The second-order valence-corrected chi connectivity index (χ2v) is 8.47. The van der Waals surface area contributed by atoms with Crippen LogP contribution in [-0.4, -0.2) is 40.7 Å². The second-order valence-electron chi connectivity index (χ2n) is 8.07. The summed E-state index contributed by atoms with van der Waals surface area (Å²) < 4.78 is 11.8. The van der Waals surface area contributed by atoms with E-state index in [-0.39, 0.29) is 17.6 Å². The molecule has 1 saturated heterocycles. The number of ether oxygens (including phenoxy) is 2. The Bertz CT molecular complexity index is 605. The van der Waals surface area contributed by atoms with Crippen molar-refractivity contribution >= 4 is 11.6 Å². The van der Waals surface area contributed by atoms with Crippen molar-refractivity contribution < 1.29 is 19.7 Å². The van der Waals surface area contributed by atoms with Gasteiger partial charge in [-0.3, -0.25) is 0 Å². The van der Waals surface area contributed by atoms with Crippen molar-refractivity contribution in [3.05, 3.63) is 34.6 Å². The Labute approximate surface area is 167 Å². The van der Waals surface area contributed by atoms with Crippen molar-refractivity contribution in [1.82, 2.24) is 0 Å². The van der Waals surface area contributed by atoms with Crippen LogP contribution in [0, 0.1) is 5.92 Å². The van der Waals surface area contributed by atoms with Gasteiger partial charge < -0.3 is 19.7 Å². The van der Waals surface area contributed by atoms with Crippen LogP contribution in [0.5, 0.6) is 0 Å². The number of aliphatic hydroxyl groups is 2. The SMILES string of the molecule is C/C=C(\CCCCC1=CC([C@@H]2OC3(CC3)C[C@H](O)[C@H]2O)CC=C1Cl)OCC. The fraction of sp³-hybridized carbons (Fsp3) is 0.727. The van der Waals surface area contributed by atoms with Crippen LogP contribution in [0.4, 0.5) is 0 Å². The van der Waals surface area contributed by atoms with Crippen molar-refractivity contribution in [3.8, 4) is 0 Å². The molecular weight excluding hydrogens is 364 g/mol. The molecule has 2 N–H and O–H groups in total. The zero-order valence-corrected chi connectivity index (χ0v) is 17.3. The fourth-order valence-corrected chi connectivity index (χ4v) is 4.48. The van der Waals surface area contributed by atoms with Gasteiger partial charge in [0, 0.05) is 23.8 Å². The number of hydrogen-bond donors (Lipinski definition) is 2. The minimum atomic E-state index is -0.826. The first-order valence-electron chi connectivity index (χ1n) is 10.4. The van der Waals surface area contributed by atoms with Crippen LogP contribution in [-0.2, 0) is 9.47 Å². The fourth-order valence-electron chi connectivity index (χ4n) is 4.24. The summed E-state index contributed by atoms with van der Waals surface area (Å²) in [5, 5.41) is 21.5. The molecule has 0 aromatic heterocycles. The minimum absolute atomic E-state index is 0.0689. The molecule has 4 nitrogen and oxygen atoms in total. The normalized spacial score (nSPS) is 32.9. The molecule has 3 rings (SSSR count). The maximum atomic E-state index is 10.5. The summed E-state index contributed by atoms with van der Waals surface area (Å²) in [7, 11) is 0. The standard InChI is InChI=1S/C22H33ClO4/c1-3-17(26-4-2)8-6-5-7-15-13-16(9-10-18(15)23)21-20(25)19(24)14-22(27-21)11-12-22/h3,10,13,16,19-21,24-25H,4-9,11-12,14H2,1-2H3/b17-3+/t16?,19-,20+,21-/m0/s1. The summed E-state index contributed by atoms with van der Waals surface area (Å²) in [4.78, 5) is 0. The van der Waals surface area contributed by atoms with Gasteiger partial charge in [-0.05, 0) is 64.0 Å². The Hall–Kier alpha value is -0.810. The average molecular weight is 397 g/mol. The summed E-state index contributed by atoms with van der Waals surface area (Å²) >= 11 is 6.44. The molecule has 4 atom stereocenters. The number of allylic oxidation sites excluding steroid dienone is 5. The lowest BCUT2D eigenvalue weighted by Crippen LogP contribution is -2.52. The second kappa shape index (κ2) is 9.13. The van der Waals surface area contributed by atoms with Gasteiger partial charge in [0.2, 0.25) is 0 Å². The Morgan fingerprint density at radius 2 is 2.15 bits per heavy atom. The maximum absolute atomic E-state index is 10.5. The molecule has 0 aromatic carbocycles. The third-order valence-electron chi connectivity index (χ3n) is 5.99. The zero-order chi connectivity index (χ0) is 19.4. The molecule has 1 saturated carbocycles. The molecule has 1 heterocycles. The third-order valence-corrected chi connectivity index (χ3v) is 6.39. The van der Waals surface area contributed by atoms with Gasteiger partial charge in [0.05, 0.1) is 30.2 Å². The van der Waals surface area contributed by atoms with Crippen molar-refractivity contribution in [2.75, 3.05) is 6.61 Å². The van der Waals surface area contributed by atoms with Crippen molar-refractivity contribution in [2.45, 2.75) is 89.1 Å². The van der Waals surface area contributed by atoms with Gasteiger partial charge in [-0.25, -0.2) is 0 Å². The van der Waals surface area contributed by atoms with Gasteiger partial charge >= 0.3 is 0 Å². The van der Waals surface area contributed by atoms with Gasteiger partial charge in [-0.1, -0.05) is 23.8 Å². The average Bonchev–Trinajstić information content (AvgIpc) is 3.41. The van der Waals surface area contributed by atoms with Crippen LogP contribution in [0.1, 0.15) is 65.2 Å². The van der Waals surface area contributed by atoms with Gasteiger partial charge in [-0.15, -0.1) is 0 Å². The quantitative estimate of drug-likeness (QED) is 0.465. The minimum Gasteiger partial charge on any atom is -0.499 e. The summed E-state index contributed by atoms with van der Waals surface area (Å²) in [6, 6.07) is 0. The lowest BCUT2D eigenvalue weighted by atomic mass is 9.83. The van der Waals surface area contributed by atoms with Crippen LogP contribution < -0.4 is 0 Å². The predicted octanol–water partition coefficient (Wildman–Crippen LogP) is 4.60. The van der Waals surface area contributed by atoms with Crippen LogP contribution in [0.15, 0.2) is 34.6 Å². The van der Waals surface area contributed by atoms with Gasteiger partial charge in [0.25, 0.3) is 0 Å². The van der Waals surface area contributed by atoms with Gasteiger partial charge in [0.1, 0.15) is 6.10 Å². The lowest BCUT2D eigenvalue weighted by molar-refractivity contribution is -0.191. The van der Waals surface area contributed by atoms with E-state index < -0.39 is 12.2 Å². The molecule has 1 unspecified atom stereocenters. The number of aliphatic hydroxyl groups excluding tert-OH is 2. The number of unbranched alkanes of at least 4 members (excludes halogenated alkanes) is 1. The molecule has 1 spiro atoms. The highest BCUT2D eigenvalue weighted by atomic mass is 35.5. The molecule has 0 amide bonds. The van der Waals surface area contributed by atoms with E-state index in [0.717, 1.165) is 61.3 Å². The number of halogens is 1. The van der Waals surface area contributed by atoms with E-state index in [4.69, 9.17) is 21.1 Å². The Balaban J connectivity index is 1.56. The van der Waals surface area contributed by atoms with Crippen molar-refractivity contribution in [3.63, 3.8) is 0 Å². The highest BCUT2D eigenvalue weighted by Gasteiger charge is 2.54. The monoisotopic (exact) mass is 396 g/mol. The van der Waals surface area contributed by atoms with E-state index in [0.29, 0.717) is 13.0 Å². The first kappa shape index (κ1) is 20.9. The van der Waals surface area contributed by atoms with E-state index in [1.54, 1.807) is 0 Å². The highest BCUT2D eigenvalue weighted by molar-refractivity contribution is 6.32. The van der Waals surface area contributed by atoms with E-state index >= 15 is 0 Å². The van der Waals surface area contributed by atoms with E-state index in [1.165, 1.54) is 0 Å². The van der Waals surface area contributed by atoms with E-state index in [2.05, 4.69) is 6.08 Å². The van der Waals surface area contributed by atoms with E-state index in [1.807, 2.05) is 26.0 Å². The molecular formula is C22H33ClO4. The first-order chi connectivity index (χ1) is 13.0. The molecule has 0 bridgehead atoms. The molecule has 27 heavy (non-hydrogen) atoms. The summed E-state index contributed by atoms with van der Waals surface area (Å²) in [6.45, 7) is 4.72. The molecule has 3 aliphatic rings. The molecule has 1 aliphatic heterocycles. The van der Waals surface area contributed by atoms with Gasteiger partial charge in [-0.2, -0.15) is 0 Å². The van der Waals surface area contributed by atoms with E-state index in [9.17, 15) is 10.2 Å². The molecule has 2 fully saturated rings.